The normalized spacial score (nSPS) is 26.5. The van der Waals surface area contributed by atoms with Crippen LogP contribution in [-0.4, -0.2) is 57.0 Å². The summed E-state index contributed by atoms with van der Waals surface area (Å²) in [6, 6.07) is 7.14. The second-order valence-corrected chi connectivity index (χ2v) is 8.23. The first-order chi connectivity index (χ1) is 12.3. The van der Waals surface area contributed by atoms with Crippen molar-refractivity contribution in [2.24, 2.45) is 5.41 Å². The highest BCUT2D eigenvalue weighted by Crippen LogP contribution is 2.41. The minimum Gasteiger partial charge on any atom is -0.454 e. The lowest BCUT2D eigenvalue weighted by Gasteiger charge is -2.39. The molecular weight excluding hydrogens is 314 g/mol. The Morgan fingerprint density at radius 1 is 0.960 bits per heavy atom. The topological polar surface area (TPSA) is 37.0 Å². The van der Waals surface area contributed by atoms with Crippen molar-refractivity contribution in [3.05, 3.63) is 18.2 Å². The second kappa shape index (κ2) is 6.36. The third-order valence-electron chi connectivity index (χ3n) is 6.83. The van der Waals surface area contributed by atoms with Gasteiger partial charge in [-0.3, -0.25) is 4.90 Å². The number of piperidine rings is 2. The summed E-state index contributed by atoms with van der Waals surface area (Å²) in [5, 5.41) is 3.53. The van der Waals surface area contributed by atoms with Crippen molar-refractivity contribution < 1.29 is 9.47 Å². The number of likely N-dealkylation sites (tertiary alicyclic amines) is 1. The van der Waals surface area contributed by atoms with Gasteiger partial charge in [0.1, 0.15) is 0 Å². The van der Waals surface area contributed by atoms with Crippen LogP contribution < -0.4 is 19.7 Å². The smallest absolute Gasteiger partial charge is 0.231 e. The fourth-order valence-electron chi connectivity index (χ4n) is 5.22. The van der Waals surface area contributed by atoms with Gasteiger partial charge in [0.15, 0.2) is 11.5 Å². The van der Waals surface area contributed by atoms with Crippen molar-refractivity contribution in [3.8, 4) is 11.5 Å². The Labute approximate surface area is 150 Å². The molecule has 4 heterocycles. The summed E-state index contributed by atoms with van der Waals surface area (Å²) >= 11 is 0. The molecule has 1 aromatic rings. The van der Waals surface area contributed by atoms with Crippen molar-refractivity contribution in [1.29, 1.82) is 0 Å². The number of rotatable bonds is 2. The molecule has 0 atom stereocenters. The number of fused-ring (bicyclic) bond motifs is 1. The largest absolute Gasteiger partial charge is 0.454 e. The van der Waals surface area contributed by atoms with Gasteiger partial charge in [0.25, 0.3) is 0 Å². The first-order valence-electron chi connectivity index (χ1n) is 9.91. The van der Waals surface area contributed by atoms with Gasteiger partial charge in [-0.2, -0.15) is 0 Å². The Balaban J connectivity index is 1.19. The van der Waals surface area contributed by atoms with Crippen molar-refractivity contribution in [3.63, 3.8) is 0 Å². The highest BCUT2D eigenvalue weighted by molar-refractivity contribution is 5.57. The Morgan fingerprint density at radius 3 is 2.60 bits per heavy atom. The van der Waals surface area contributed by atoms with Crippen LogP contribution in [0, 0.1) is 5.41 Å². The monoisotopic (exact) mass is 343 g/mol. The number of benzene rings is 1. The molecule has 4 aliphatic heterocycles. The van der Waals surface area contributed by atoms with Gasteiger partial charge < -0.3 is 19.7 Å². The summed E-state index contributed by atoms with van der Waals surface area (Å²) < 4.78 is 11.0. The molecule has 3 saturated heterocycles. The third-order valence-corrected chi connectivity index (χ3v) is 6.83. The first-order valence-corrected chi connectivity index (χ1v) is 9.91. The quantitative estimate of drug-likeness (QED) is 0.893. The van der Waals surface area contributed by atoms with Crippen LogP contribution in [0.25, 0.3) is 0 Å². The van der Waals surface area contributed by atoms with E-state index in [9.17, 15) is 0 Å². The molecule has 0 aromatic heterocycles. The Kier molecular flexibility index (Phi) is 4.01. The summed E-state index contributed by atoms with van der Waals surface area (Å²) in [4.78, 5) is 5.32. The van der Waals surface area contributed by atoms with E-state index in [0.717, 1.165) is 30.6 Å². The van der Waals surface area contributed by atoms with E-state index in [4.69, 9.17) is 9.47 Å². The van der Waals surface area contributed by atoms with Crippen molar-refractivity contribution in [2.75, 3.05) is 51.0 Å². The van der Waals surface area contributed by atoms with Crippen molar-refractivity contribution in [1.82, 2.24) is 10.2 Å². The summed E-state index contributed by atoms with van der Waals surface area (Å²) in [6.45, 7) is 7.74. The van der Waals surface area contributed by atoms with Gasteiger partial charge in [-0.1, -0.05) is 0 Å². The predicted molar refractivity (Wildman–Crippen MR) is 98.5 cm³/mol. The maximum Gasteiger partial charge on any atom is 0.231 e. The molecule has 1 spiro atoms. The molecule has 0 saturated carbocycles. The molecule has 0 bridgehead atoms. The Hall–Kier alpha value is -1.46. The Morgan fingerprint density at radius 2 is 1.76 bits per heavy atom. The molecule has 1 N–H and O–H groups in total. The summed E-state index contributed by atoms with van der Waals surface area (Å²) in [5.41, 5.74) is 1.90. The maximum absolute atomic E-state index is 5.53. The van der Waals surface area contributed by atoms with E-state index in [2.05, 4.69) is 27.2 Å². The molecule has 3 fully saturated rings. The van der Waals surface area contributed by atoms with Gasteiger partial charge in [-0.25, -0.2) is 0 Å². The fourth-order valence-corrected chi connectivity index (χ4v) is 5.22. The first kappa shape index (κ1) is 15.8. The fraction of sp³-hybridized carbons (Fsp3) is 0.700. The molecule has 5 nitrogen and oxygen atoms in total. The third kappa shape index (κ3) is 2.97. The average molecular weight is 343 g/mol. The lowest BCUT2D eigenvalue weighted by Crippen LogP contribution is -2.46. The molecular formula is C20H29N3O2. The van der Waals surface area contributed by atoms with Gasteiger partial charge in [0.2, 0.25) is 6.79 Å². The molecule has 0 amide bonds. The van der Waals surface area contributed by atoms with Gasteiger partial charge in [-0.05, 0) is 69.3 Å². The lowest BCUT2D eigenvalue weighted by molar-refractivity contribution is 0.154. The van der Waals surface area contributed by atoms with Gasteiger partial charge in [0.05, 0.1) is 0 Å². The lowest BCUT2D eigenvalue weighted by atomic mass is 9.78. The van der Waals surface area contributed by atoms with Gasteiger partial charge in [-0.15, -0.1) is 0 Å². The number of anilines is 1. The average Bonchev–Trinajstić information content (AvgIpc) is 3.29. The zero-order valence-electron chi connectivity index (χ0n) is 15.0. The highest BCUT2D eigenvalue weighted by Gasteiger charge is 2.41. The van der Waals surface area contributed by atoms with Crippen LogP contribution in [0.1, 0.15) is 32.1 Å². The number of hydrogen-bond donors (Lipinski definition) is 1. The predicted octanol–water partition coefficient (Wildman–Crippen LogP) is 2.46. The molecule has 1 aromatic carbocycles. The van der Waals surface area contributed by atoms with E-state index >= 15 is 0 Å². The van der Waals surface area contributed by atoms with Crippen LogP contribution in [0.15, 0.2) is 18.2 Å². The van der Waals surface area contributed by atoms with Crippen LogP contribution in [0.5, 0.6) is 11.5 Å². The molecule has 25 heavy (non-hydrogen) atoms. The standard InChI is InChI=1S/C20H29N3O2/c1-2-18-19(25-15-24-18)13-17(1)22-10-3-16(4-11-22)23-12-7-20(14-23)5-8-21-9-6-20/h1-2,13,16,21H,3-12,14-15H2. The Bertz CT molecular complexity index is 621. The molecule has 136 valence electrons. The van der Waals surface area contributed by atoms with Gasteiger partial charge in [0, 0.05) is 37.4 Å². The molecule has 0 radical (unpaired) electrons. The minimum absolute atomic E-state index is 0.354. The summed E-state index contributed by atoms with van der Waals surface area (Å²) in [7, 11) is 0. The van der Waals surface area contributed by atoms with E-state index in [1.807, 2.05) is 6.07 Å². The van der Waals surface area contributed by atoms with E-state index < -0.39 is 0 Å². The number of nitrogens with one attached hydrogen (secondary N) is 1. The van der Waals surface area contributed by atoms with Crippen molar-refractivity contribution in [2.45, 2.75) is 38.1 Å². The van der Waals surface area contributed by atoms with Crippen LogP contribution in [-0.2, 0) is 0 Å². The molecule has 0 aliphatic carbocycles. The number of ether oxygens (including phenoxy) is 2. The van der Waals surface area contributed by atoms with Crippen LogP contribution in [0.4, 0.5) is 5.69 Å². The van der Waals surface area contributed by atoms with E-state index in [-0.39, 0.29) is 0 Å². The van der Waals surface area contributed by atoms with Gasteiger partial charge >= 0.3 is 0 Å². The van der Waals surface area contributed by atoms with Crippen molar-refractivity contribution >= 4 is 5.69 Å². The molecule has 0 unspecified atom stereocenters. The summed E-state index contributed by atoms with van der Waals surface area (Å²) in [5.74, 6) is 1.77. The van der Waals surface area contributed by atoms with E-state index in [1.54, 1.807) is 0 Å². The SMILES string of the molecule is c1cc2c(cc1N1CCC(N3CCC4(CCNCC4)C3)CC1)OCO2. The van der Waals surface area contributed by atoms with Crippen LogP contribution in [0.3, 0.4) is 0 Å². The molecule has 5 rings (SSSR count). The molecule has 5 heteroatoms. The van der Waals surface area contributed by atoms with Crippen LogP contribution >= 0.6 is 0 Å². The summed E-state index contributed by atoms with van der Waals surface area (Å²) in [6.07, 6.45) is 6.72. The van der Waals surface area contributed by atoms with Crippen LogP contribution in [0.2, 0.25) is 0 Å². The highest BCUT2D eigenvalue weighted by atomic mass is 16.7. The number of nitrogens with zero attached hydrogens (tertiary/aromatic N) is 2. The molecule has 4 aliphatic rings. The van der Waals surface area contributed by atoms with E-state index in [0.29, 0.717) is 12.2 Å². The minimum atomic E-state index is 0.354. The number of hydrogen-bond acceptors (Lipinski definition) is 5. The van der Waals surface area contributed by atoms with E-state index in [1.165, 1.54) is 64.0 Å². The maximum atomic E-state index is 5.53. The zero-order valence-corrected chi connectivity index (χ0v) is 15.0. The second-order valence-electron chi connectivity index (χ2n) is 8.23. The zero-order chi connectivity index (χ0) is 16.7.